The van der Waals surface area contributed by atoms with Gasteiger partial charge in [0.15, 0.2) is 0 Å². The van der Waals surface area contributed by atoms with Gasteiger partial charge in [0.1, 0.15) is 15.0 Å². The molecule has 0 spiro atoms. The molecule has 188 valence electrons. The molecule has 36 heavy (non-hydrogen) atoms. The summed E-state index contributed by atoms with van der Waals surface area (Å²) in [5, 5.41) is 0.456. The van der Waals surface area contributed by atoms with Crippen molar-refractivity contribution in [3.8, 4) is 0 Å². The number of aromatic nitrogens is 2. The lowest BCUT2D eigenvalue weighted by Gasteiger charge is -2.32. The van der Waals surface area contributed by atoms with E-state index in [1.807, 2.05) is 68.4 Å². The number of benzene rings is 2. The Hall–Kier alpha value is -2.52. The van der Waals surface area contributed by atoms with Crippen LogP contribution in [0.2, 0.25) is 4.34 Å². The molecule has 2 N–H and O–H groups in total. The number of carbonyl (C=O) groups excluding carboxylic acids is 1. The molecular weight excluding hydrogens is 560 g/mol. The number of aryl methyl sites for hydroxylation is 1. The van der Waals surface area contributed by atoms with E-state index in [1.165, 1.54) is 11.3 Å². The van der Waals surface area contributed by atoms with Crippen LogP contribution in [0.3, 0.4) is 0 Å². The van der Waals surface area contributed by atoms with Gasteiger partial charge in [-0.25, -0.2) is 4.98 Å². The molecule has 2 aromatic carbocycles. The Bertz CT molecular complexity index is 1420. The molecule has 1 atom stereocenters. The van der Waals surface area contributed by atoms with E-state index in [0.717, 1.165) is 11.1 Å². The standard InChI is InChI=1S/C27H28BrClN4O2S/c1-3-20(32(15-7-14-30)26(34)19-12-10-17(2)11-13-19)24-31-25-21(22(28)23(29)36-25)27(35)33(24)16-18-8-5-4-6-9-18/h4-6,8-13,20H,3,7,14-16,30H2,1-2H3. The summed E-state index contributed by atoms with van der Waals surface area (Å²) in [6, 6.07) is 16.9. The molecule has 2 aromatic heterocycles. The molecule has 1 unspecified atom stereocenters. The first-order valence-corrected chi connectivity index (χ1v) is 13.8. The normalized spacial score (nSPS) is 12.1. The van der Waals surface area contributed by atoms with Crippen LogP contribution < -0.4 is 11.3 Å². The van der Waals surface area contributed by atoms with E-state index >= 15 is 0 Å². The fourth-order valence-corrected chi connectivity index (χ4v) is 6.12. The number of nitrogens with two attached hydrogens (primary N) is 1. The highest BCUT2D eigenvalue weighted by Gasteiger charge is 2.30. The quantitative estimate of drug-likeness (QED) is 0.254. The van der Waals surface area contributed by atoms with Gasteiger partial charge in [-0.3, -0.25) is 14.2 Å². The first-order valence-electron chi connectivity index (χ1n) is 11.9. The van der Waals surface area contributed by atoms with Gasteiger partial charge in [0.05, 0.1) is 22.4 Å². The minimum Gasteiger partial charge on any atom is -0.330 e. The average Bonchev–Trinajstić information content (AvgIpc) is 3.17. The number of amides is 1. The number of fused-ring (bicyclic) bond motifs is 1. The van der Waals surface area contributed by atoms with Gasteiger partial charge in [-0.15, -0.1) is 11.3 Å². The second-order valence-electron chi connectivity index (χ2n) is 8.65. The van der Waals surface area contributed by atoms with Crippen LogP contribution in [0.25, 0.3) is 10.2 Å². The van der Waals surface area contributed by atoms with Crippen molar-refractivity contribution in [1.29, 1.82) is 0 Å². The maximum Gasteiger partial charge on any atom is 0.263 e. The molecule has 4 aromatic rings. The second-order valence-corrected chi connectivity index (χ2v) is 11.0. The number of thiophene rings is 1. The molecule has 0 fully saturated rings. The molecule has 0 aliphatic heterocycles. The van der Waals surface area contributed by atoms with Gasteiger partial charge in [0.2, 0.25) is 0 Å². The summed E-state index contributed by atoms with van der Waals surface area (Å²) in [4.78, 5) is 34.9. The molecule has 1 amide bonds. The monoisotopic (exact) mass is 586 g/mol. The summed E-state index contributed by atoms with van der Waals surface area (Å²) in [5.74, 6) is 0.433. The van der Waals surface area contributed by atoms with E-state index in [9.17, 15) is 9.59 Å². The van der Waals surface area contributed by atoms with Crippen molar-refractivity contribution in [2.24, 2.45) is 5.73 Å². The maximum atomic E-state index is 13.8. The molecule has 0 aliphatic rings. The van der Waals surface area contributed by atoms with Crippen molar-refractivity contribution in [2.45, 2.75) is 39.3 Å². The lowest BCUT2D eigenvalue weighted by molar-refractivity contribution is 0.0656. The Morgan fingerprint density at radius 2 is 1.89 bits per heavy atom. The van der Waals surface area contributed by atoms with E-state index in [1.54, 1.807) is 9.47 Å². The van der Waals surface area contributed by atoms with E-state index in [0.29, 0.717) is 62.9 Å². The Morgan fingerprint density at radius 1 is 1.19 bits per heavy atom. The minimum atomic E-state index is -0.425. The highest BCUT2D eigenvalue weighted by Crippen LogP contribution is 2.37. The van der Waals surface area contributed by atoms with Crippen molar-refractivity contribution < 1.29 is 4.79 Å². The Morgan fingerprint density at radius 3 is 2.53 bits per heavy atom. The second kappa shape index (κ2) is 11.7. The number of carbonyl (C=O) groups is 1. The van der Waals surface area contributed by atoms with Crippen LogP contribution in [-0.2, 0) is 6.54 Å². The van der Waals surface area contributed by atoms with E-state index in [2.05, 4.69) is 15.9 Å². The Labute approximate surface area is 227 Å². The van der Waals surface area contributed by atoms with Crippen LogP contribution in [0.4, 0.5) is 0 Å². The van der Waals surface area contributed by atoms with Gasteiger partial charge in [-0.2, -0.15) is 0 Å². The van der Waals surface area contributed by atoms with Crippen LogP contribution in [0.15, 0.2) is 63.9 Å². The number of halogens is 2. The zero-order chi connectivity index (χ0) is 25.8. The number of hydrogen-bond donors (Lipinski definition) is 1. The van der Waals surface area contributed by atoms with E-state index in [4.69, 9.17) is 22.3 Å². The molecule has 6 nitrogen and oxygen atoms in total. The Kier molecular flexibility index (Phi) is 8.62. The van der Waals surface area contributed by atoms with Crippen LogP contribution in [0.5, 0.6) is 0 Å². The summed E-state index contributed by atoms with van der Waals surface area (Å²) in [6.45, 7) is 5.22. The number of nitrogens with zero attached hydrogens (tertiary/aromatic N) is 3. The van der Waals surface area contributed by atoms with Gasteiger partial charge in [0, 0.05) is 12.1 Å². The lowest BCUT2D eigenvalue weighted by atomic mass is 10.1. The van der Waals surface area contributed by atoms with Crippen LogP contribution in [0, 0.1) is 6.92 Å². The van der Waals surface area contributed by atoms with Crippen molar-refractivity contribution >= 4 is 55.0 Å². The smallest absolute Gasteiger partial charge is 0.263 e. The molecule has 2 heterocycles. The summed E-state index contributed by atoms with van der Waals surface area (Å²) < 4.78 is 2.71. The highest BCUT2D eigenvalue weighted by molar-refractivity contribution is 9.10. The molecule has 9 heteroatoms. The topological polar surface area (TPSA) is 81.2 Å². The molecule has 0 radical (unpaired) electrons. The summed E-state index contributed by atoms with van der Waals surface area (Å²) >= 11 is 11.1. The van der Waals surface area contributed by atoms with Crippen LogP contribution in [0.1, 0.15) is 53.1 Å². The Balaban J connectivity index is 1.89. The van der Waals surface area contributed by atoms with E-state index < -0.39 is 6.04 Å². The largest absolute Gasteiger partial charge is 0.330 e. The SMILES string of the molecule is CCC(c1nc2sc(Cl)c(Br)c2c(=O)n1Cc1ccccc1)N(CCCN)C(=O)c1ccc(C)cc1. The lowest BCUT2D eigenvalue weighted by Crippen LogP contribution is -2.40. The third kappa shape index (κ3) is 5.42. The van der Waals surface area contributed by atoms with Crippen molar-refractivity contribution in [2.75, 3.05) is 13.1 Å². The predicted octanol–water partition coefficient (Wildman–Crippen LogP) is 6.17. The van der Waals surface area contributed by atoms with Gasteiger partial charge < -0.3 is 10.6 Å². The first-order chi connectivity index (χ1) is 17.3. The van der Waals surface area contributed by atoms with E-state index in [-0.39, 0.29) is 11.5 Å². The zero-order valence-corrected chi connectivity index (χ0v) is 23.4. The van der Waals surface area contributed by atoms with Gasteiger partial charge >= 0.3 is 0 Å². The van der Waals surface area contributed by atoms with Gasteiger partial charge in [0.25, 0.3) is 11.5 Å². The minimum absolute atomic E-state index is 0.110. The summed E-state index contributed by atoms with van der Waals surface area (Å²) in [5.41, 5.74) is 8.29. The zero-order valence-electron chi connectivity index (χ0n) is 20.2. The first kappa shape index (κ1) is 26.5. The molecule has 0 saturated carbocycles. The number of hydrogen-bond acceptors (Lipinski definition) is 5. The fraction of sp³-hybridized carbons (Fsp3) is 0.296. The van der Waals surface area contributed by atoms with Gasteiger partial charge in [-0.1, -0.05) is 66.6 Å². The van der Waals surface area contributed by atoms with Crippen molar-refractivity contribution in [3.63, 3.8) is 0 Å². The molecule has 4 rings (SSSR count). The third-order valence-electron chi connectivity index (χ3n) is 6.15. The highest BCUT2D eigenvalue weighted by atomic mass is 79.9. The molecule has 0 aliphatic carbocycles. The number of rotatable bonds is 9. The van der Waals surface area contributed by atoms with Gasteiger partial charge in [-0.05, 0) is 59.9 Å². The average molecular weight is 588 g/mol. The van der Waals surface area contributed by atoms with Crippen molar-refractivity contribution in [1.82, 2.24) is 14.5 Å². The fourth-order valence-electron chi connectivity index (χ4n) is 4.28. The van der Waals surface area contributed by atoms with Crippen LogP contribution in [-0.4, -0.2) is 33.4 Å². The third-order valence-corrected chi connectivity index (χ3v) is 8.73. The predicted molar refractivity (Wildman–Crippen MR) is 151 cm³/mol. The molecular formula is C27H28BrClN4O2S. The summed E-state index contributed by atoms with van der Waals surface area (Å²) in [7, 11) is 0. The molecule has 0 bridgehead atoms. The van der Waals surface area contributed by atoms with Crippen LogP contribution >= 0.6 is 38.9 Å². The molecule has 0 saturated heterocycles. The summed E-state index contributed by atoms with van der Waals surface area (Å²) in [6.07, 6.45) is 1.21. The maximum absolute atomic E-state index is 13.8. The van der Waals surface area contributed by atoms with Crippen molar-refractivity contribution in [3.05, 3.63) is 96.3 Å².